The Bertz CT molecular complexity index is 1220. The molecule has 0 aromatic carbocycles. The van der Waals surface area contributed by atoms with Gasteiger partial charge in [0.1, 0.15) is 4.83 Å². The van der Waals surface area contributed by atoms with Gasteiger partial charge in [-0.3, -0.25) is 5.10 Å². The molecular weight excluding hydrogens is 364 g/mol. The van der Waals surface area contributed by atoms with Crippen LogP contribution in [-0.2, 0) is 17.8 Å². The highest BCUT2D eigenvalue weighted by Gasteiger charge is 2.29. The van der Waals surface area contributed by atoms with Crippen LogP contribution >= 0.6 is 35.8 Å². The third kappa shape index (κ3) is 1.79. The number of ether oxygens (including phenoxy) is 1. The molecule has 1 unspecified atom stereocenters. The molecule has 4 aromatic heterocycles. The Balaban J connectivity index is 1.99. The summed E-state index contributed by atoms with van der Waals surface area (Å²) in [6.45, 7) is 5.01. The Morgan fingerprint density at radius 3 is 2.75 bits per heavy atom. The Morgan fingerprint density at radius 1 is 1.21 bits per heavy atom. The zero-order chi connectivity index (χ0) is 16.6. The first-order valence-electron chi connectivity index (χ1n) is 7.68. The van der Waals surface area contributed by atoms with Crippen molar-refractivity contribution in [3.63, 3.8) is 0 Å². The van der Waals surface area contributed by atoms with Gasteiger partial charge in [0.25, 0.3) is 0 Å². The van der Waals surface area contributed by atoms with E-state index >= 15 is 0 Å². The van der Waals surface area contributed by atoms with Crippen molar-refractivity contribution in [1.82, 2.24) is 29.2 Å². The molecule has 0 amide bonds. The predicted molar refractivity (Wildman–Crippen MR) is 96.8 cm³/mol. The lowest BCUT2D eigenvalue weighted by molar-refractivity contribution is 0.00203. The monoisotopic (exact) mass is 378 g/mol. The van der Waals surface area contributed by atoms with Crippen LogP contribution in [0.25, 0.3) is 21.6 Å². The maximum absolute atomic E-state index is 6.03. The van der Waals surface area contributed by atoms with Crippen LogP contribution in [0.15, 0.2) is 0 Å². The number of aromatic amines is 2. The van der Waals surface area contributed by atoms with Crippen molar-refractivity contribution < 1.29 is 4.74 Å². The second kappa shape index (κ2) is 4.94. The van der Waals surface area contributed by atoms with Gasteiger partial charge in [0.05, 0.1) is 18.1 Å². The first-order valence-corrected chi connectivity index (χ1v) is 9.31. The minimum atomic E-state index is 0.213. The summed E-state index contributed by atoms with van der Waals surface area (Å²) in [4.78, 5) is 2.27. The summed E-state index contributed by atoms with van der Waals surface area (Å²) >= 11 is 12.5. The summed E-state index contributed by atoms with van der Waals surface area (Å²) in [5.41, 5.74) is 2.10. The van der Waals surface area contributed by atoms with Gasteiger partial charge in [-0.1, -0.05) is 13.8 Å². The summed E-state index contributed by atoms with van der Waals surface area (Å²) in [5, 5.41) is 15.7. The highest BCUT2D eigenvalue weighted by molar-refractivity contribution is 7.71. The molecule has 0 bridgehead atoms. The zero-order valence-electron chi connectivity index (χ0n) is 13.0. The lowest BCUT2D eigenvalue weighted by atomic mass is 9.96. The lowest BCUT2D eigenvalue weighted by Crippen LogP contribution is -2.26. The maximum Gasteiger partial charge on any atom is 0.243 e. The standard InChI is InChI=1S/C14H14N6OS3/c1-5(2)7-3-6-8(4-21-7)24-11-9(6)10-15-17-13(22)19(10)12-16-18-14(23)20(11)12/h5,7H,3-4H2,1-2H3,(H,17,22)(H,18,23). The first kappa shape index (κ1) is 14.7. The molecule has 5 heterocycles. The predicted octanol–water partition coefficient (Wildman–Crippen LogP) is 3.41. The van der Waals surface area contributed by atoms with Crippen LogP contribution in [0.3, 0.4) is 0 Å². The van der Waals surface area contributed by atoms with Gasteiger partial charge in [-0.25, -0.2) is 13.9 Å². The number of hydrogen-bond acceptors (Lipinski definition) is 6. The normalized spacial score (nSPS) is 18.2. The van der Waals surface area contributed by atoms with Crippen molar-refractivity contribution in [2.24, 2.45) is 5.92 Å². The lowest BCUT2D eigenvalue weighted by Gasteiger charge is -2.26. The first-order chi connectivity index (χ1) is 11.6. The minimum Gasteiger partial charge on any atom is -0.372 e. The second-order valence-electron chi connectivity index (χ2n) is 6.33. The molecule has 4 aromatic rings. The number of hydrogen-bond donors (Lipinski definition) is 2. The molecule has 7 nitrogen and oxygen atoms in total. The van der Waals surface area contributed by atoms with Crippen LogP contribution in [0.1, 0.15) is 24.3 Å². The van der Waals surface area contributed by atoms with Crippen molar-refractivity contribution >= 4 is 57.4 Å². The molecular formula is C14H14N6OS3. The van der Waals surface area contributed by atoms with Crippen molar-refractivity contribution in [2.45, 2.75) is 33.0 Å². The van der Waals surface area contributed by atoms with Crippen LogP contribution in [-0.4, -0.2) is 35.3 Å². The summed E-state index contributed by atoms with van der Waals surface area (Å²) in [7, 11) is 0. The van der Waals surface area contributed by atoms with E-state index in [1.165, 1.54) is 10.4 Å². The summed E-state index contributed by atoms with van der Waals surface area (Å²) in [5.74, 6) is 1.12. The largest absolute Gasteiger partial charge is 0.372 e. The molecule has 0 radical (unpaired) electrons. The minimum absolute atomic E-state index is 0.213. The van der Waals surface area contributed by atoms with E-state index in [0.717, 1.165) is 22.3 Å². The molecule has 0 aliphatic carbocycles. The Kier molecular flexibility index (Phi) is 3.03. The van der Waals surface area contributed by atoms with Crippen molar-refractivity contribution in [1.29, 1.82) is 0 Å². The molecule has 0 saturated heterocycles. The van der Waals surface area contributed by atoms with Gasteiger partial charge in [0, 0.05) is 11.3 Å². The van der Waals surface area contributed by atoms with Gasteiger partial charge in [0.2, 0.25) is 15.3 Å². The molecule has 0 saturated carbocycles. The molecule has 0 fully saturated rings. The molecule has 5 rings (SSSR count). The average molecular weight is 379 g/mol. The van der Waals surface area contributed by atoms with Crippen LogP contribution in [0, 0.1) is 15.5 Å². The number of nitrogens with zero attached hydrogens (tertiary/aromatic N) is 4. The highest BCUT2D eigenvalue weighted by Crippen LogP contribution is 2.39. The highest BCUT2D eigenvalue weighted by atomic mass is 32.1. The molecule has 124 valence electrons. The molecule has 1 aliphatic rings. The van der Waals surface area contributed by atoms with E-state index in [1.807, 2.05) is 8.80 Å². The fourth-order valence-corrected chi connectivity index (χ4v) is 5.10. The van der Waals surface area contributed by atoms with Gasteiger partial charge < -0.3 is 4.74 Å². The fraction of sp³-hybridized carbons (Fsp3) is 0.429. The average Bonchev–Trinajstić information content (AvgIpc) is 3.22. The van der Waals surface area contributed by atoms with Gasteiger partial charge in [-0.05, 0) is 35.9 Å². The van der Waals surface area contributed by atoms with Crippen molar-refractivity contribution in [2.75, 3.05) is 0 Å². The van der Waals surface area contributed by atoms with Gasteiger partial charge >= 0.3 is 0 Å². The van der Waals surface area contributed by atoms with Gasteiger partial charge in [0.15, 0.2) is 5.65 Å². The quantitative estimate of drug-likeness (QED) is 0.497. The number of nitrogens with one attached hydrogen (secondary N) is 2. The van der Waals surface area contributed by atoms with Gasteiger partial charge in [-0.2, -0.15) is 5.10 Å². The maximum atomic E-state index is 6.03. The molecule has 2 N–H and O–H groups in total. The molecule has 0 spiro atoms. The Morgan fingerprint density at radius 2 is 1.96 bits per heavy atom. The number of rotatable bonds is 1. The SMILES string of the molecule is CC(C)C1Cc2c(sc3c2c2n[nH]c(=S)n2c2n[nH]c(=S)n32)CO1. The van der Waals surface area contributed by atoms with E-state index in [1.54, 1.807) is 11.3 Å². The summed E-state index contributed by atoms with van der Waals surface area (Å²) in [6.07, 6.45) is 1.09. The molecule has 1 atom stereocenters. The Hall–Kier alpha value is -1.62. The van der Waals surface area contributed by atoms with Crippen LogP contribution in [0.5, 0.6) is 0 Å². The van der Waals surface area contributed by atoms with Crippen LogP contribution in [0.2, 0.25) is 0 Å². The van der Waals surface area contributed by atoms with Crippen molar-refractivity contribution in [3.05, 3.63) is 20.0 Å². The van der Waals surface area contributed by atoms with E-state index in [0.29, 0.717) is 27.8 Å². The molecule has 10 heteroatoms. The van der Waals surface area contributed by atoms with Crippen LogP contribution < -0.4 is 0 Å². The fourth-order valence-electron chi connectivity index (χ4n) is 3.36. The number of fused-ring (bicyclic) bond motifs is 8. The topological polar surface area (TPSA) is 75.4 Å². The number of aromatic nitrogens is 6. The summed E-state index contributed by atoms with van der Waals surface area (Å²) in [6, 6.07) is 0. The Labute approximate surface area is 150 Å². The zero-order valence-corrected chi connectivity index (χ0v) is 15.4. The molecule has 24 heavy (non-hydrogen) atoms. The number of H-pyrrole nitrogens is 2. The van der Waals surface area contributed by atoms with E-state index in [4.69, 9.17) is 29.2 Å². The third-order valence-electron chi connectivity index (χ3n) is 4.60. The second-order valence-corrected chi connectivity index (χ2v) is 8.19. The van der Waals surface area contributed by atoms with E-state index < -0.39 is 0 Å². The van der Waals surface area contributed by atoms with E-state index in [9.17, 15) is 0 Å². The number of thiophene rings is 1. The smallest absolute Gasteiger partial charge is 0.243 e. The summed E-state index contributed by atoms with van der Waals surface area (Å²) < 4.78 is 10.9. The van der Waals surface area contributed by atoms with Crippen LogP contribution in [0.4, 0.5) is 0 Å². The third-order valence-corrected chi connectivity index (χ3v) is 6.34. The van der Waals surface area contributed by atoms with Crippen molar-refractivity contribution in [3.8, 4) is 0 Å². The molecule has 1 aliphatic heterocycles. The van der Waals surface area contributed by atoms with E-state index in [2.05, 4.69) is 34.2 Å². The van der Waals surface area contributed by atoms with Gasteiger partial charge in [-0.15, -0.1) is 16.4 Å². The van der Waals surface area contributed by atoms with E-state index in [-0.39, 0.29) is 6.10 Å².